The summed E-state index contributed by atoms with van der Waals surface area (Å²) in [5, 5.41) is 5.61. The predicted molar refractivity (Wildman–Crippen MR) is 108 cm³/mol. The number of anilines is 1. The number of hydrogen-bond acceptors (Lipinski definition) is 5. The van der Waals surface area contributed by atoms with Gasteiger partial charge in [0.2, 0.25) is 15.9 Å². The smallest absolute Gasteiger partial charge is 0.262 e. The third kappa shape index (κ3) is 4.08. The molecule has 2 N–H and O–H groups in total. The Morgan fingerprint density at radius 1 is 1.17 bits per heavy atom. The van der Waals surface area contributed by atoms with E-state index in [0.717, 1.165) is 25.7 Å². The molecule has 2 amide bonds. The number of carbonyl (C=O) groups excluding carboxylic acids is 2. The standard InChI is InChI=1S/C19H24ClN3O5S/c20-13-9-14-16(28-11-18(24)22-14)10-17(13)29(26,27)23-8-4-7-15(23)19(25)21-12-5-2-1-3-6-12/h9-10,12,15H,1-8,11H2,(H,21,25)(H,22,24)/t15-/m1/s1. The van der Waals surface area contributed by atoms with E-state index >= 15 is 0 Å². The molecule has 29 heavy (non-hydrogen) atoms. The van der Waals surface area contributed by atoms with Crippen LogP contribution >= 0.6 is 11.6 Å². The monoisotopic (exact) mass is 441 g/mol. The molecule has 2 heterocycles. The summed E-state index contributed by atoms with van der Waals surface area (Å²) in [5.41, 5.74) is 0.332. The highest BCUT2D eigenvalue weighted by molar-refractivity contribution is 7.89. The number of nitrogens with one attached hydrogen (secondary N) is 2. The molecule has 158 valence electrons. The minimum absolute atomic E-state index is 0.0205. The molecule has 10 heteroatoms. The van der Waals surface area contributed by atoms with Crippen LogP contribution in [0.5, 0.6) is 5.75 Å². The van der Waals surface area contributed by atoms with E-state index < -0.39 is 16.1 Å². The Morgan fingerprint density at radius 2 is 1.93 bits per heavy atom. The van der Waals surface area contributed by atoms with Crippen molar-refractivity contribution in [1.29, 1.82) is 0 Å². The number of amides is 2. The summed E-state index contributed by atoms with van der Waals surface area (Å²) in [6, 6.07) is 2.06. The third-order valence-corrected chi connectivity index (χ3v) is 8.08. The number of nitrogens with zero attached hydrogens (tertiary/aromatic N) is 1. The number of halogens is 1. The quantitative estimate of drug-likeness (QED) is 0.745. The molecule has 0 unspecified atom stereocenters. The largest absolute Gasteiger partial charge is 0.482 e. The van der Waals surface area contributed by atoms with E-state index in [1.54, 1.807) is 0 Å². The molecule has 2 fully saturated rings. The minimum atomic E-state index is -4.00. The molecule has 1 atom stereocenters. The van der Waals surface area contributed by atoms with Crippen molar-refractivity contribution in [3.63, 3.8) is 0 Å². The summed E-state index contributed by atoms with van der Waals surface area (Å²) in [7, 11) is -4.00. The van der Waals surface area contributed by atoms with Gasteiger partial charge in [-0.25, -0.2) is 8.42 Å². The average Bonchev–Trinajstić information content (AvgIpc) is 3.19. The van der Waals surface area contributed by atoms with E-state index in [9.17, 15) is 18.0 Å². The molecule has 8 nitrogen and oxygen atoms in total. The fourth-order valence-corrected chi connectivity index (χ4v) is 6.42. The van der Waals surface area contributed by atoms with Crippen molar-refractivity contribution in [1.82, 2.24) is 9.62 Å². The molecule has 3 aliphatic rings. The fraction of sp³-hybridized carbons (Fsp3) is 0.579. The minimum Gasteiger partial charge on any atom is -0.482 e. The molecule has 0 aromatic heterocycles. The third-order valence-electron chi connectivity index (χ3n) is 5.71. The predicted octanol–water partition coefficient (Wildman–Crippen LogP) is 2.27. The molecule has 1 aliphatic carbocycles. The van der Waals surface area contributed by atoms with Gasteiger partial charge < -0.3 is 15.4 Å². The van der Waals surface area contributed by atoms with Gasteiger partial charge in [-0.3, -0.25) is 9.59 Å². The van der Waals surface area contributed by atoms with Gasteiger partial charge in [0.15, 0.2) is 6.61 Å². The van der Waals surface area contributed by atoms with Crippen LogP contribution in [-0.2, 0) is 19.6 Å². The first-order chi connectivity index (χ1) is 13.9. The van der Waals surface area contributed by atoms with Gasteiger partial charge >= 0.3 is 0 Å². The number of ether oxygens (including phenoxy) is 1. The molecule has 4 rings (SSSR count). The van der Waals surface area contributed by atoms with Crippen LogP contribution in [-0.4, -0.2) is 49.8 Å². The maximum Gasteiger partial charge on any atom is 0.262 e. The van der Waals surface area contributed by atoms with E-state index in [1.165, 1.54) is 22.9 Å². The van der Waals surface area contributed by atoms with E-state index in [0.29, 0.717) is 18.5 Å². The van der Waals surface area contributed by atoms with Gasteiger partial charge in [-0.2, -0.15) is 4.31 Å². The molecule has 1 aromatic carbocycles. The van der Waals surface area contributed by atoms with Crippen molar-refractivity contribution >= 4 is 39.1 Å². The van der Waals surface area contributed by atoms with Crippen molar-refractivity contribution in [3.05, 3.63) is 17.2 Å². The van der Waals surface area contributed by atoms with Crippen LogP contribution in [0.1, 0.15) is 44.9 Å². The highest BCUT2D eigenvalue weighted by Crippen LogP contribution is 2.38. The molecule has 1 saturated heterocycles. The lowest BCUT2D eigenvalue weighted by Gasteiger charge is -2.28. The van der Waals surface area contributed by atoms with Gasteiger partial charge in [0.25, 0.3) is 5.91 Å². The Bertz CT molecular complexity index is 930. The van der Waals surface area contributed by atoms with Crippen LogP contribution in [0.2, 0.25) is 5.02 Å². The average molecular weight is 442 g/mol. The van der Waals surface area contributed by atoms with Crippen molar-refractivity contribution < 1.29 is 22.7 Å². The number of sulfonamides is 1. The maximum absolute atomic E-state index is 13.3. The molecular weight excluding hydrogens is 418 g/mol. The van der Waals surface area contributed by atoms with Crippen LogP contribution < -0.4 is 15.4 Å². The molecule has 0 bridgehead atoms. The van der Waals surface area contributed by atoms with Gasteiger partial charge in [0.05, 0.1) is 10.7 Å². The second kappa shape index (κ2) is 8.12. The van der Waals surface area contributed by atoms with Crippen molar-refractivity contribution in [3.8, 4) is 5.75 Å². The normalized spacial score (nSPS) is 23.2. The lowest BCUT2D eigenvalue weighted by atomic mass is 9.95. The highest BCUT2D eigenvalue weighted by Gasteiger charge is 2.41. The van der Waals surface area contributed by atoms with Gasteiger partial charge in [-0.1, -0.05) is 30.9 Å². The Morgan fingerprint density at radius 3 is 2.69 bits per heavy atom. The van der Waals surface area contributed by atoms with Gasteiger partial charge in [-0.05, 0) is 31.7 Å². The zero-order chi connectivity index (χ0) is 20.6. The summed E-state index contributed by atoms with van der Waals surface area (Å²) >= 11 is 6.24. The van der Waals surface area contributed by atoms with Gasteiger partial charge in [0, 0.05) is 18.7 Å². The zero-order valence-electron chi connectivity index (χ0n) is 15.9. The second-order valence-corrected chi connectivity index (χ2v) is 10.00. The summed E-state index contributed by atoms with van der Waals surface area (Å²) in [6.45, 7) is 0.0698. The Hall–Kier alpha value is -1.84. The molecule has 1 saturated carbocycles. The molecular formula is C19H24ClN3O5S. The highest BCUT2D eigenvalue weighted by atomic mass is 35.5. The lowest BCUT2D eigenvalue weighted by molar-refractivity contribution is -0.125. The van der Waals surface area contributed by atoms with Gasteiger partial charge in [-0.15, -0.1) is 0 Å². The van der Waals surface area contributed by atoms with Crippen LogP contribution in [0, 0.1) is 0 Å². The number of benzene rings is 1. The Balaban J connectivity index is 1.57. The van der Waals surface area contributed by atoms with E-state index in [4.69, 9.17) is 16.3 Å². The summed E-state index contributed by atoms with van der Waals surface area (Å²) in [5.74, 6) is -0.325. The fourth-order valence-electron chi connectivity index (χ4n) is 4.24. The Kier molecular flexibility index (Phi) is 5.72. The molecule has 2 aliphatic heterocycles. The summed E-state index contributed by atoms with van der Waals surface area (Å²) in [6.07, 6.45) is 6.30. The topological polar surface area (TPSA) is 105 Å². The first-order valence-electron chi connectivity index (χ1n) is 9.94. The van der Waals surface area contributed by atoms with Crippen molar-refractivity contribution in [2.45, 2.75) is 61.9 Å². The molecule has 1 aromatic rings. The number of fused-ring (bicyclic) bond motifs is 1. The number of hydrogen-bond donors (Lipinski definition) is 2. The Labute approximate surface area is 175 Å². The zero-order valence-corrected chi connectivity index (χ0v) is 17.5. The SMILES string of the molecule is O=C1COc2cc(S(=O)(=O)N3CCC[C@@H]3C(=O)NC3CCCCC3)c(Cl)cc2N1. The van der Waals surface area contributed by atoms with E-state index in [2.05, 4.69) is 10.6 Å². The maximum atomic E-state index is 13.3. The molecule has 0 spiro atoms. The van der Waals surface area contributed by atoms with Crippen molar-refractivity contribution in [2.24, 2.45) is 0 Å². The van der Waals surface area contributed by atoms with Crippen LogP contribution in [0.3, 0.4) is 0 Å². The number of carbonyl (C=O) groups is 2. The molecule has 0 radical (unpaired) electrons. The van der Waals surface area contributed by atoms with Crippen LogP contribution in [0.15, 0.2) is 17.0 Å². The van der Waals surface area contributed by atoms with E-state index in [1.807, 2.05) is 0 Å². The second-order valence-electron chi connectivity index (χ2n) is 7.73. The summed E-state index contributed by atoms with van der Waals surface area (Å²) < 4.78 is 33.2. The lowest BCUT2D eigenvalue weighted by Crippen LogP contribution is -2.49. The van der Waals surface area contributed by atoms with Crippen LogP contribution in [0.4, 0.5) is 5.69 Å². The van der Waals surface area contributed by atoms with Crippen LogP contribution in [0.25, 0.3) is 0 Å². The summed E-state index contributed by atoms with van der Waals surface area (Å²) in [4.78, 5) is 24.2. The first-order valence-corrected chi connectivity index (χ1v) is 11.8. The number of rotatable bonds is 4. The van der Waals surface area contributed by atoms with E-state index in [-0.39, 0.29) is 46.7 Å². The van der Waals surface area contributed by atoms with Gasteiger partial charge in [0.1, 0.15) is 16.7 Å². The first kappa shape index (κ1) is 20.4. The van der Waals surface area contributed by atoms with Crippen molar-refractivity contribution in [2.75, 3.05) is 18.5 Å².